The molecule has 0 radical (unpaired) electrons. The van der Waals surface area contributed by atoms with Gasteiger partial charge in [-0.25, -0.2) is 0 Å². The van der Waals surface area contributed by atoms with E-state index in [4.69, 9.17) is 0 Å². The standard InChI is InChI=1S/C14H24N2O2/c1-4-16-11(10-8-6-5-7-9-10)12(17)15-14(2,3)13(16)18/h10-11H,4-9H2,1-3H3,(H,15,17). The van der Waals surface area contributed by atoms with Crippen LogP contribution in [0.25, 0.3) is 0 Å². The number of rotatable bonds is 2. The predicted octanol–water partition coefficient (Wildman–Crippen LogP) is 1.69. The Balaban J connectivity index is 2.22. The summed E-state index contributed by atoms with van der Waals surface area (Å²) in [7, 11) is 0. The normalized spacial score (nSPS) is 29.3. The van der Waals surface area contributed by atoms with Gasteiger partial charge in [-0.1, -0.05) is 19.3 Å². The number of hydrogen-bond acceptors (Lipinski definition) is 2. The number of amides is 2. The lowest BCUT2D eigenvalue weighted by molar-refractivity contribution is -0.156. The molecule has 1 aliphatic heterocycles. The number of piperazine rings is 1. The molecule has 0 aromatic rings. The molecule has 2 fully saturated rings. The Morgan fingerprint density at radius 2 is 1.83 bits per heavy atom. The van der Waals surface area contributed by atoms with Crippen molar-refractivity contribution in [1.29, 1.82) is 0 Å². The summed E-state index contributed by atoms with van der Waals surface area (Å²) in [5.74, 6) is 0.437. The number of nitrogens with zero attached hydrogens (tertiary/aromatic N) is 1. The van der Waals surface area contributed by atoms with Crippen molar-refractivity contribution in [2.75, 3.05) is 6.54 Å². The van der Waals surface area contributed by atoms with Gasteiger partial charge >= 0.3 is 0 Å². The zero-order chi connectivity index (χ0) is 13.3. The van der Waals surface area contributed by atoms with Gasteiger partial charge in [0, 0.05) is 6.54 Å². The van der Waals surface area contributed by atoms with Crippen LogP contribution in [0.4, 0.5) is 0 Å². The SMILES string of the molecule is CCN1C(=O)C(C)(C)NC(=O)C1C1CCCCC1. The lowest BCUT2D eigenvalue weighted by atomic mass is 9.80. The van der Waals surface area contributed by atoms with E-state index in [1.165, 1.54) is 19.3 Å². The van der Waals surface area contributed by atoms with Gasteiger partial charge in [0.2, 0.25) is 11.8 Å². The van der Waals surface area contributed by atoms with Crippen LogP contribution in [0.3, 0.4) is 0 Å². The minimum Gasteiger partial charge on any atom is -0.340 e. The molecule has 4 heteroatoms. The van der Waals surface area contributed by atoms with Gasteiger partial charge in [0.15, 0.2) is 0 Å². The molecule has 1 saturated carbocycles. The number of carbonyl (C=O) groups is 2. The summed E-state index contributed by atoms with van der Waals surface area (Å²) < 4.78 is 0. The van der Waals surface area contributed by atoms with Crippen LogP contribution in [0, 0.1) is 5.92 Å². The van der Waals surface area contributed by atoms with Crippen molar-refractivity contribution in [3.63, 3.8) is 0 Å². The van der Waals surface area contributed by atoms with Crippen molar-refractivity contribution >= 4 is 11.8 Å². The first-order valence-corrected chi connectivity index (χ1v) is 7.10. The molecule has 0 spiro atoms. The summed E-state index contributed by atoms with van der Waals surface area (Å²) in [5, 5.41) is 2.89. The molecule has 0 aromatic carbocycles. The molecule has 1 aliphatic carbocycles. The molecular weight excluding hydrogens is 228 g/mol. The molecular formula is C14H24N2O2. The fourth-order valence-electron chi connectivity index (χ4n) is 3.32. The van der Waals surface area contributed by atoms with Crippen molar-refractivity contribution in [3.05, 3.63) is 0 Å². The summed E-state index contributed by atoms with van der Waals surface area (Å²) in [5.41, 5.74) is -0.752. The third-order valence-corrected chi connectivity index (χ3v) is 4.27. The van der Waals surface area contributed by atoms with Gasteiger partial charge in [0.25, 0.3) is 0 Å². The van der Waals surface area contributed by atoms with Crippen LogP contribution in [0.1, 0.15) is 52.9 Å². The second-order valence-corrected chi connectivity index (χ2v) is 6.05. The fraction of sp³-hybridized carbons (Fsp3) is 0.857. The molecule has 1 saturated heterocycles. The van der Waals surface area contributed by atoms with Crippen LogP contribution < -0.4 is 5.32 Å². The van der Waals surface area contributed by atoms with Crippen LogP contribution in [-0.4, -0.2) is 34.8 Å². The Morgan fingerprint density at radius 3 is 2.39 bits per heavy atom. The fourth-order valence-corrected chi connectivity index (χ4v) is 3.32. The van der Waals surface area contributed by atoms with Crippen LogP contribution in [-0.2, 0) is 9.59 Å². The minimum absolute atomic E-state index is 0.0355. The second kappa shape index (κ2) is 4.90. The van der Waals surface area contributed by atoms with Gasteiger partial charge in [0.1, 0.15) is 11.6 Å². The Kier molecular flexibility index (Phi) is 3.64. The van der Waals surface area contributed by atoms with Crippen molar-refractivity contribution in [2.45, 2.75) is 64.5 Å². The van der Waals surface area contributed by atoms with E-state index in [9.17, 15) is 9.59 Å². The molecule has 0 bridgehead atoms. The van der Waals surface area contributed by atoms with Crippen molar-refractivity contribution in [3.8, 4) is 0 Å². The van der Waals surface area contributed by atoms with Gasteiger partial charge in [-0.2, -0.15) is 0 Å². The summed E-state index contributed by atoms with van der Waals surface area (Å²) >= 11 is 0. The van der Waals surface area contributed by atoms with E-state index in [-0.39, 0.29) is 17.9 Å². The highest BCUT2D eigenvalue weighted by molar-refractivity contribution is 5.99. The Hall–Kier alpha value is -1.06. The first-order chi connectivity index (χ1) is 8.47. The Morgan fingerprint density at radius 1 is 1.22 bits per heavy atom. The second-order valence-electron chi connectivity index (χ2n) is 6.05. The molecule has 4 nitrogen and oxygen atoms in total. The van der Waals surface area contributed by atoms with Gasteiger partial charge in [-0.05, 0) is 39.5 Å². The number of carbonyl (C=O) groups excluding carboxylic acids is 2. The summed E-state index contributed by atoms with van der Waals surface area (Å²) in [4.78, 5) is 26.5. The monoisotopic (exact) mass is 252 g/mol. The van der Waals surface area contributed by atoms with Gasteiger partial charge in [-0.3, -0.25) is 9.59 Å². The van der Waals surface area contributed by atoms with E-state index in [1.807, 2.05) is 6.92 Å². The third-order valence-electron chi connectivity index (χ3n) is 4.27. The van der Waals surface area contributed by atoms with Gasteiger partial charge in [-0.15, -0.1) is 0 Å². The van der Waals surface area contributed by atoms with Crippen LogP contribution in [0.5, 0.6) is 0 Å². The molecule has 2 amide bonds. The topological polar surface area (TPSA) is 49.4 Å². The molecule has 2 rings (SSSR count). The van der Waals surface area contributed by atoms with Crippen LogP contribution in [0.2, 0.25) is 0 Å². The maximum Gasteiger partial charge on any atom is 0.248 e. The first kappa shape index (κ1) is 13.4. The van der Waals surface area contributed by atoms with Crippen molar-refractivity contribution in [2.24, 2.45) is 5.92 Å². The molecule has 18 heavy (non-hydrogen) atoms. The largest absolute Gasteiger partial charge is 0.340 e. The highest BCUT2D eigenvalue weighted by atomic mass is 16.2. The van der Waals surface area contributed by atoms with E-state index in [0.717, 1.165) is 12.8 Å². The molecule has 1 N–H and O–H groups in total. The molecule has 1 atom stereocenters. The minimum atomic E-state index is -0.752. The zero-order valence-corrected chi connectivity index (χ0v) is 11.7. The first-order valence-electron chi connectivity index (χ1n) is 7.10. The van der Waals surface area contributed by atoms with Gasteiger partial charge in [0.05, 0.1) is 0 Å². The maximum absolute atomic E-state index is 12.4. The number of likely N-dealkylation sites (N-methyl/N-ethyl adjacent to an activating group) is 1. The average Bonchev–Trinajstić information content (AvgIpc) is 2.34. The van der Waals surface area contributed by atoms with E-state index >= 15 is 0 Å². The van der Waals surface area contributed by atoms with E-state index in [0.29, 0.717) is 12.5 Å². The number of nitrogens with one attached hydrogen (secondary N) is 1. The van der Waals surface area contributed by atoms with Gasteiger partial charge < -0.3 is 10.2 Å². The smallest absolute Gasteiger partial charge is 0.248 e. The highest BCUT2D eigenvalue weighted by Crippen LogP contribution is 2.32. The van der Waals surface area contributed by atoms with Crippen molar-refractivity contribution in [1.82, 2.24) is 10.2 Å². The van der Waals surface area contributed by atoms with Crippen molar-refractivity contribution < 1.29 is 9.59 Å². The van der Waals surface area contributed by atoms with Crippen LogP contribution >= 0.6 is 0 Å². The lowest BCUT2D eigenvalue weighted by Gasteiger charge is -2.46. The molecule has 1 unspecified atom stereocenters. The Labute approximate surface area is 109 Å². The quantitative estimate of drug-likeness (QED) is 0.813. The summed E-state index contributed by atoms with van der Waals surface area (Å²) in [6.07, 6.45) is 5.77. The molecule has 1 heterocycles. The van der Waals surface area contributed by atoms with E-state index < -0.39 is 5.54 Å². The van der Waals surface area contributed by atoms with E-state index in [2.05, 4.69) is 5.32 Å². The van der Waals surface area contributed by atoms with E-state index in [1.54, 1.807) is 18.7 Å². The third kappa shape index (κ3) is 2.25. The zero-order valence-electron chi connectivity index (χ0n) is 11.7. The Bertz CT molecular complexity index is 346. The molecule has 102 valence electrons. The van der Waals surface area contributed by atoms with Crippen LogP contribution in [0.15, 0.2) is 0 Å². The molecule has 0 aromatic heterocycles. The summed E-state index contributed by atoms with van der Waals surface area (Å²) in [6, 6.07) is -0.240. The number of hydrogen-bond donors (Lipinski definition) is 1. The predicted molar refractivity (Wildman–Crippen MR) is 70.0 cm³/mol. The highest BCUT2D eigenvalue weighted by Gasteiger charge is 2.47. The maximum atomic E-state index is 12.4. The average molecular weight is 252 g/mol. The molecule has 2 aliphatic rings. The lowest BCUT2D eigenvalue weighted by Crippen LogP contribution is -2.69. The summed E-state index contributed by atoms with van der Waals surface area (Å²) in [6.45, 7) is 6.15.